The van der Waals surface area contributed by atoms with Crippen LogP contribution >= 0.6 is 15.9 Å². The van der Waals surface area contributed by atoms with Crippen molar-refractivity contribution < 1.29 is 5.11 Å². The molecule has 2 aromatic rings. The second-order valence-corrected chi connectivity index (χ2v) is 5.03. The van der Waals surface area contributed by atoms with E-state index in [1.165, 1.54) is 10.9 Å². The summed E-state index contributed by atoms with van der Waals surface area (Å²) in [4.78, 5) is 3.32. The van der Waals surface area contributed by atoms with Crippen molar-refractivity contribution in [2.75, 3.05) is 0 Å². The highest BCUT2D eigenvalue weighted by atomic mass is 79.9. The summed E-state index contributed by atoms with van der Waals surface area (Å²) in [5, 5.41) is 11.1. The lowest BCUT2D eigenvalue weighted by atomic mass is 9.94. The van der Waals surface area contributed by atoms with Crippen LogP contribution in [0.4, 0.5) is 0 Å². The molecule has 1 atom stereocenters. The topological polar surface area (TPSA) is 36.0 Å². The maximum absolute atomic E-state index is 9.89. The van der Waals surface area contributed by atoms with Crippen molar-refractivity contribution in [3.63, 3.8) is 0 Å². The number of aliphatic hydroxyl groups excluding tert-OH is 1. The Morgan fingerprint density at radius 2 is 2.27 bits per heavy atom. The fourth-order valence-electron chi connectivity index (χ4n) is 2.41. The maximum Gasteiger partial charge on any atom is 0.0941 e. The fraction of sp³-hybridized carbons (Fsp3) is 0.333. The van der Waals surface area contributed by atoms with Gasteiger partial charge in [0.15, 0.2) is 0 Å². The van der Waals surface area contributed by atoms with Gasteiger partial charge in [0.2, 0.25) is 0 Å². The Morgan fingerprint density at radius 3 is 3.13 bits per heavy atom. The average Bonchev–Trinajstić information content (AvgIpc) is 2.58. The number of hydrogen-bond acceptors (Lipinski definition) is 1. The Bertz CT molecular complexity index is 518. The van der Waals surface area contributed by atoms with E-state index in [2.05, 4.69) is 33.0 Å². The molecule has 15 heavy (non-hydrogen) atoms. The van der Waals surface area contributed by atoms with E-state index >= 15 is 0 Å². The van der Waals surface area contributed by atoms with Gasteiger partial charge in [-0.3, -0.25) is 0 Å². The largest absolute Gasteiger partial charge is 0.387 e. The van der Waals surface area contributed by atoms with E-state index in [4.69, 9.17) is 0 Å². The molecule has 0 aliphatic heterocycles. The summed E-state index contributed by atoms with van der Waals surface area (Å²) >= 11 is 3.48. The van der Waals surface area contributed by atoms with E-state index in [1.807, 2.05) is 6.07 Å². The molecule has 2 nitrogen and oxygen atoms in total. The van der Waals surface area contributed by atoms with Gasteiger partial charge in [0.05, 0.1) is 6.10 Å². The number of rotatable bonds is 0. The van der Waals surface area contributed by atoms with E-state index in [-0.39, 0.29) is 6.10 Å². The Labute approximate surface area is 96.4 Å². The second-order valence-electron chi connectivity index (χ2n) is 4.12. The predicted octanol–water partition coefficient (Wildman–Crippen LogP) is 3.30. The van der Waals surface area contributed by atoms with Gasteiger partial charge in [0.25, 0.3) is 0 Å². The van der Waals surface area contributed by atoms with Crippen LogP contribution in [-0.4, -0.2) is 10.1 Å². The molecule has 0 spiro atoms. The van der Waals surface area contributed by atoms with Gasteiger partial charge in [-0.25, -0.2) is 0 Å². The van der Waals surface area contributed by atoms with Crippen molar-refractivity contribution in [3.8, 4) is 0 Å². The molecule has 0 bridgehead atoms. The quantitative estimate of drug-likeness (QED) is 0.754. The summed E-state index contributed by atoms with van der Waals surface area (Å²) in [5.74, 6) is 0. The number of fused-ring (bicyclic) bond motifs is 3. The van der Waals surface area contributed by atoms with Gasteiger partial charge in [-0.2, -0.15) is 0 Å². The molecule has 1 aromatic heterocycles. The highest BCUT2D eigenvalue weighted by Gasteiger charge is 2.22. The van der Waals surface area contributed by atoms with Crippen LogP contribution < -0.4 is 0 Å². The molecule has 0 saturated carbocycles. The van der Waals surface area contributed by atoms with Crippen LogP contribution in [0.15, 0.2) is 22.7 Å². The average molecular weight is 266 g/mol. The summed E-state index contributed by atoms with van der Waals surface area (Å²) < 4.78 is 1.09. The van der Waals surface area contributed by atoms with Gasteiger partial charge in [-0.15, -0.1) is 0 Å². The number of hydrogen-bond donors (Lipinski definition) is 2. The number of benzene rings is 1. The molecule has 1 aromatic carbocycles. The van der Waals surface area contributed by atoms with E-state index in [1.54, 1.807) is 0 Å². The van der Waals surface area contributed by atoms with Crippen molar-refractivity contribution in [2.24, 2.45) is 0 Å². The molecule has 0 amide bonds. The highest BCUT2D eigenvalue weighted by Crippen LogP contribution is 2.35. The molecule has 78 valence electrons. The van der Waals surface area contributed by atoms with Crippen molar-refractivity contribution in [1.82, 2.24) is 4.98 Å². The molecule has 1 aliphatic rings. The van der Waals surface area contributed by atoms with Gasteiger partial charge in [-0.1, -0.05) is 15.9 Å². The van der Waals surface area contributed by atoms with Crippen LogP contribution in [0.1, 0.15) is 30.2 Å². The molecule has 1 heterocycles. The van der Waals surface area contributed by atoms with Crippen molar-refractivity contribution in [2.45, 2.75) is 25.4 Å². The zero-order chi connectivity index (χ0) is 10.4. The minimum absolute atomic E-state index is 0.306. The van der Waals surface area contributed by atoms with E-state index in [0.717, 1.165) is 34.9 Å². The summed E-state index contributed by atoms with van der Waals surface area (Å²) in [6.45, 7) is 0. The summed E-state index contributed by atoms with van der Waals surface area (Å²) in [6.07, 6.45) is 2.72. The highest BCUT2D eigenvalue weighted by molar-refractivity contribution is 9.10. The molecule has 1 aliphatic carbocycles. The van der Waals surface area contributed by atoms with Gasteiger partial charge < -0.3 is 10.1 Å². The third-order valence-corrected chi connectivity index (χ3v) is 3.63. The smallest absolute Gasteiger partial charge is 0.0941 e. The van der Waals surface area contributed by atoms with Crippen molar-refractivity contribution >= 4 is 26.8 Å². The number of aromatic nitrogens is 1. The van der Waals surface area contributed by atoms with Gasteiger partial charge >= 0.3 is 0 Å². The Hall–Kier alpha value is -0.800. The summed E-state index contributed by atoms with van der Waals surface area (Å²) in [6, 6.07) is 6.21. The lowest BCUT2D eigenvalue weighted by molar-refractivity contribution is 0.153. The second kappa shape index (κ2) is 3.35. The van der Waals surface area contributed by atoms with Gasteiger partial charge in [0.1, 0.15) is 0 Å². The first-order chi connectivity index (χ1) is 7.25. The van der Waals surface area contributed by atoms with E-state index in [9.17, 15) is 5.11 Å². The zero-order valence-electron chi connectivity index (χ0n) is 8.26. The summed E-state index contributed by atoms with van der Waals surface area (Å²) in [5.41, 5.74) is 3.45. The molecule has 0 saturated heterocycles. The van der Waals surface area contributed by atoms with Crippen LogP contribution in [0.3, 0.4) is 0 Å². The molecular formula is C12H12BrNO. The molecule has 3 rings (SSSR count). The first-order valence-electron chi connectivity index (χ1n) is 5.24. The molecule has 0 radical (unpaired) electrons. The molecule has 2 N–H and O–H groups in total. The fourth-order valence-corrected chi connectivity index (χ4v) is 2.77. The first kappa shape index (κ1) is 9.43. The number of nitrogens with one attached hydrogen (secondary N) is 1. The lowest BCUT2D eigenvalue weighted by Gasteiger charge is -2.17. The van der Waals surface area contributed by atoms with Crippen LogP contribution in [0.5, 0.6) is 0 Å². The number of aryl methyl sites for hydroxylation is 1. The SMILES string of the molecule is O[C@@H]1CCCc2c1[nH]c1ccc(Br)cc21. The van der Waals surface area contributed by atoms with Crippen LogP contribution in [0, 0.1) is 0 Å². The molecular weight excluding hydrogens is 254 g/mol. The molecule has 3 heteroatoms. The Morgan fingerprint density at radius 1 is 1.40 bits per heavy atom. The maximum atomic E-state index is 9.89. The summed E-state index contributed by atoms with van der Waals surface area (Å²) in [7, 11) is 0. The minimum atomic E-state index is -0.306. The van der Waals surface area contributed by atoms with Gasteiger partial charge in [-0.05, 0) is 43.0 Å². The number of aliphatic hydroxyl groups is 1. The normalized spacial score (nSPS) is 20.5. The molecule has 0 unspecified atom stereocenters. The standard InChI is InChI=1S/C12H12BrNO/c13-7-4-5-10-9(6-7)8-2-1-3-11(15)12(8)14-10/h4-6,11,14-15H,1-3H2/t11-/m1/s1. The monoisotopic (exact) mass is 265 g/mol. The third-order valence-electron chi connectivity index (χ3n) is 3.14. The van der Waals surface area contributed by atoms with Crippen LogP contribution in [-0.2, 0) is 6.42 Å². The number of halogens is 1. The Kier molecular flexibility index (Phi) is 2.11. The van der Waals surface area contributed by atoms with Crippen LogP contribution in [0.25, 0.3) is 10.9 Å². The number of H-pyrrole nitrogens is 1. The molecule has 0 fully saturated rings. The Balaban J connectivity index is 2.31. The lowest BCUT2D eigenvalue weighted by Crippen LogP contribution is -2.07. The van der Waals surface area contributed by atoms with Crippen molar-refractivity contribution in [3.05, 3.63) is 33.9 Å². The van der Waals surface area contributed by atoms with E-state index < -0.39 is 0 Å². The van der Waals surface area contributed by atoms with E-state index in [0.29, 0.717) is 0 Å². The van der Waals surface area contributed by atoms with Crippen LogP contribution in [0.2, 0.25) is 0 Å². The zero-order valence-corrected chi connectivity index (χ0v) is 9.84. The van der Waals surface area contributed by atoms with Gasteiger partial charge in [0, 0.05) is 21.1 Å². The predicted molar refractivity (Wildman–Crippen MR) is 63.9 cm³/mol. The first-order valence-corrected chi connectivity index (χ1v) is 6.03. The third kappa shape index (κ3) is 1.42. The minimum Gasteiger partial charge on any atom is -0.387 e. The van der Waals surface area contributed by atoms with Crippen molar-refractivity contribution in [1.29, 1.82) is 0 Å². The number of aromatic amines is 1.